The van der Waals surface area contributed by atoms with E-state index in [-0.39, 0.29) is 5.75 Å². The molecule has 0 fully saturated rings. The van der Waals surface area contributed by atoms with Crippen molar-refractivity contribution in [3.63, 3.8) is 0 Å². The van der Waals surface area contributed by atoms with Crippen molar-refractivity contribution in [1.29, 1.82) is 0 Å². The summed E-state index contributed by atoms with van der Waals surface area (Å²) in [5, 5.41) is 15.7. The first-order valence-electron chi connectivity index (χ1n) is 10.0. The maximum atomic E-state index is 10.2. The molecule has 2 N–H and O–H groups in total. The molecule has 1 atom stereocenters. The molecule has 2 heterocycles. The molecule has 158 valence electrons. The van der Waals surface area contributed by atoms with Gasteiger partial charge in [0.25, 0.3) is 0 Å². The number of aromatic hydroxyl groups is 1. The van der Waals surface area contributed by atoms with Crippen molar-refractivity contribution in [2.75, 3.05) is 5.43 Å². The van der Waals surface area contributed by atoms with E-state index in [0.717, 1.165) is 33.3 Å². The van der Waals surface area contributed by atoms with Gasteiger partial charge in [-0.3, -0.25) is 5.43 Å². The summed E-state index contributed by atoms with van der Waals surface area (Å²) in [6, 6.07) is 3.60. The van der Waals surface area contributed by atoms with Crippen molar-refractivity contribution in [3.05, 3.63) is 43.4 Å². The Kier molecular flexibility index (Phi) is 6.19. The number of benzene rings is 1. The molecule has 30 heavy (non-hydrogen) atoms. The van der Waals surface area contributed by atoms with Crippen LogP contribution in [-0.2, 0) is 12.8 Å². The van der Waals surface area contributed by atoms with Gasteiger partial charge in [0, 0.05) is 14.9 Å². The third-order valence-electron chi connectivity index (χ3n) is 6.29. The summed E-state index contributed by atoms with van der Waals surface area (Å²) in [7, 11) is 0. The average Bonchev–Trinajstić information content (AvgIpc) is 3.10. The zero-order valence-corrected chi connectivity index (χ0v) is 21.2. The molecular weight excluding hydrogens is 528 g/mol. The van der Waals surface area contributed by atoms with Gasteiger partial charge in [0.05, 0.1) is 16.1 Å². The van der Waals surface area contributed by atoms with Crippen LogP contribution in [0.1, 0.15) is 49.6 Å². The van der Waals surface area contributed by atoms with Crippen LogP contribution >= 0.6 is 43.2 Å². The highest BCUT2D eigenvalue weighted by Crippen LogP contribution is 2.45. The number of anilines is 1. The molecule has 0 amide bonds. The molecule has 0 aliphatic heterocycles. The molecule has 2 aromatic heterocycles. The number of nitrogens with zero attached hydrogens (tertiary/aromatic N) is 3. The SMILES string of the molecule is CCC(C)(C)C1CCc2sc3ncnc(N/N=C/c4cc(Br)cc(Br)c4O)c3c2C1. The van der Waals surface area contributed by atoms with Gasteiger partial charge in [-0.25, -0.2) is 9.97 Å². The van der Waals surface area contributed by atoms with Gasteiger partial charge >= 0.3 is 0 Å². The lowest BCUT2D eigenvalue weighted by Crippen LogP contribution is -2.28. The van der Waals surface area contributed by atoms with Crippen molar-refractivity contribution in [1.82, 2.24) is 9.97 Å². The van der Waals surface area contributed by atoms with Crippen LogP contribution in [-0.4, -0.2) is 21.3 Å². The number of phenolic OH excluding ortho intramolecular Hbond substituents is 1. The van der Waals surface area contributed by atoms with Crippen molar-refractivity contribution >= 4 is 65.4 Å². The van der Waals surface area contributed by atoms with Crippen molar-refractivity contribution in [2.24, 2.45) is 16.4 Å². The molecule has 1 unspecified atom stereocenters. The van der Waals surface area contributed by atoms with Gasteiger partial charge in [0.1, 0.15) is 16.9 Å². The van der Waals surface area contributed by atoms with E-state index in [1.165, 1.54) is 23.3 Å². The predicted molar refractivity (Wildman–Crippen MR) is 132 cm³/mol. The van der Waals surface area contributed by atoms with Crippen LogP contribution in [0.5, 0.6) is 5.75 Å². The average molecular weight is 552 g/mol. The summed E-state index contributed by atoms with van der Waals surface area (Å²) < 4.78 is 1.47. The number of aromatic nitrogens is 2. The standard InChI is InChI=1S/C22H24Br2N4OS/c1-4-22(2,3)13-5-6-17-15(8-13)18-20(25-11-26-21(18)30-17)28-27-10-12-7-14(23)9-16(24)19(12)29/h7,9-11,13,29H,4-6,8H2,1-3H3,(H,25,26,28)/b27-10+. The Morgan fingerprint density at radius 2 is 2.13 bits per heavy atom. The van der Waals surface area contributed by atoms with E-state index in [0.29, 0.717) is 21.4 Å². The molecule has 1 aliphatic carbocycles. The fourth-order valence-corrected chi connectivity index (χ4v) is 6.44. The summed E-state index contributed by atoms with van der Waals surface area (Å²) >= 11 is 8.56. The summed E-state index contributed by atoms with van der Waals surface area (Å²) in [5.74, 6) is 1.52. The van der Waals surface area contributed by atoms with Gasteiger partial charge in [0.15, 0.2) is 5.82 Å². The van der Waals surface area contributed by atoms with Crippen LogP contribution in [0.4, 0.5) is 5.82 Å². The molecule has 0 saturated heterocycles. The van der Waals surface area contributed by atoms with Gasteiger partial charge in [-0.2, -0.15) is 5.10 Å². The summed E-state index contributed by atoms with van der Waals surface area (Å²) in [6.45, 7) is 7.03. The molecule has 0 radical (unpaired) electrons. The Morgan fingerprint density at radius 1 is 1.33 bits per heavy atom. The van der Waals surface area contributed by atoms with Crippen LogP contribution in [0.3, 0.4) is 0 Å². The predicted octanol–water partition coefficient (Wildman–Crippen LogP) is 6.91. The second-order valence-electron chi connectivity index (χ2n) is 8.38. The molecule has 8 heteroatoms. The van der Waals surface area contributed by atoms with Crippen LogP contribution in [0.25, 0.3) is 10.2 Å². The molecular formula is C22H24Br2N4OS. The van der Waals surface area contributed by atoms with Crippen LogP contribution < -0.4 is 5.43 Å². The molecule has 5 nitrogen and oxygen atoms in total. The third-order valence-corrected chi connectivity index (χ3v) is 8.55. The molecule has 0 bridgehead atoms. The fraction of sp³-hybridized carbons (Fsp3) is 0.409. The smallest absolute Gasteiger partial charge is 0.158 e. The minimum absolute atomic E-state index is 0.147. The summed E-state index contributed by atoms with van der Waals surface area (Å²) in [5.41, 5.74) is 5.38. The first-order valence-corrected chi connectivity index (χ1v) is 12.4. The van der Waals surface area contributed by atoms with Gasteiger partial charge in [-0.15, -0.1) is 11.3 Å². The van der Waals surface area contributed by atoms with Crippen molar-refractivity contribution in [2.45, 2.75) is 46.5 Å². The molecule has 0 saturated carbocycles. The Morgan fingerprint density at radius 3 is 2.90 bits per heavy atom. The lowest BCUT2D eigenvalue weighted by molar-refractivity contribution is 0.184. The summed E-state index contributed by atoms with van der Waals surface area (Å²) in [4.78, 5) is 11.4. The molecule has 0 spiro atoms. The molecule has 4 rings (SSSR count). The van der Waals surface area contributed by atoms with E-state index in [1.807, 2.05) is 6.07 Å². The minimum atomic E-state index is 0.147. The van der Waals surface area contributed by atoms with Gasteiger partial charge in [-0.05, 0) is 64.2 Å². The molecule has 1 aromatic carbocycles. The highest BCUT2D eigenvalue weighted by molar-refractivity contribution is 9.11. The van der Waals surface area contributed by atoms with Crippen LogP contribution in [0, 0.1) is 11.3 Å². The lowest BCUT2D eigenvalue weighted by Gasteiger charge is -2.36. The minimum Gasteiger partial charge on any atom is -0.506 e. The second-order valence-corrected chi connectivity index (χ2v) is 11.2. The number of rotatable bonds is 5. The normalized spacial score (nSPS) is 16.9. The van der Waals surface area contributed by atoms with E-state index in [9.17, 15) is 5.11 Å². The lowest BCUT2D eigenvalue weighted by atomic mass is 9.69. The summed E-state index contributed by atoms with van der Waals surface area (Å²) in [6.07, 6.45) is 7.75. The maximum absolute atomic E-state index is 10.2. The topological polar surface area (TPSA) is 70.4 Å². The Hall–Kier alpha value is -1.51. The number of hydrogen-bond acceptors (Lipinski definition) is 6. The van der Waals surface area contributed by atoms with Gasteiger partial charge in [0.2, 0.25) is 0 Å². The molecule has 3 aromatic rings. The second kappa shape index (κ2) is 8.55. The zero-order valence-electron chi connectivity index (χ0n) is 17.2. The highest BCUT2D eigenvalue weighted by atomic mass is 79.9. The van der Waals surface area contributed by atoms with E-state index in [2.05, 4.69) is 73.1 Å². The zero-order chi connectivity index (χ0) is 21.5. The first kappa shape index (κ1) is 21.7. The quantitative estimate of drug-likeness (QED) is 0.267. The maximum Gasteiger partial charge on any atom is 0.158 e. The number of aryl methyl sites for hydroxylation is 1. The third kappa shape index (κ3) is 4.14. The Labute approximate surface area is 197 Å². The Bertz CT molecular complexity index is 1130. The van der Waals surface area contributed by atoms with Crippen LogP contribution in [0.2, 0.25) is 0 Å². The Balaban J connectivity index is 1.66. The monoisotopic (exact) mass is 550 g/mol. The number of thiophene rings is 1. The van der Waals surface area contributed by atoms with Crippen molar-refractivity contribution < 1.29 is 5.11 Å². The number of hydrogen-bond donors (Lipinski definition) is 2. The largest absolute Gasteiger partial charge is 0.506 e. The van der Waals surface area contributed by atoms with E-state index >= 15 is 0 Å². The fourth-order valence-electron chi connectivity index (χ4n) is 4.00. The van der Waals surface area contributed by atoms with E-state index < -0.39 is 0 Å². The number of phenols is 1. The highest BCUT2D eigenvalue weighted by Gasteiger charge is 2.33. The van der Waals surface area contributed by atoms with Gasteiger partial charge < -0.3 is 5.11 Å². The number of halogens is 2. The first-order chi connectivity index (χ1) is 14.3. The van der Waals surface area contributed by atoms with Gasteiger partial charge in [-0.1, -0.05) is 43.1 Å². The van der Waals surface area contributed by atoms with Crippen molar-refractivity contribution in [3.8, 4) is 5.75 Å². The number of nitrogens with one attached hydrogen (secondary N) is 1. The van der Waals surface area contributed by atoms with E-state index in [4.69, 9.17) is 0 Å². The molecule has 1 aliphatic rings. The van der Waals surface area contributed by atoms with E-state index in [1.54, 1.807) is 29.9 Å². The van der Waals surface area contributed by atoms with Crippen LogP contribution in [0.15, 0.2) is 32.5 Å². The number of fused-ring (bicyclic) bond motifs is 3. The number of hydrazone groups is 1.